The Labute approximate surface area is 66.5 Å². The first kappa shape index (κ1) is 12.2. The van der Waals surface area contributed by atoms with Crippen molar-refractivity contribution in [2.24, 2.45) is 0 Å². The van der Waals surface area contributed by atoms with E-state index >= 15 is 0 Å². The van der Waals surface area contributed by atoms with Gasteiger partial charge in [0.25, 0.3) is 0 Å². The zero-order valence-electron chi connectivity index (χ0n) is 5.83. The maximum atomic E-state index is 9.86. The first-order valence-electron chi connectivity index (χ1n) is 2.81. The van der Waals surface area contributed by atoms with Crippen LogP contribution in [-0.2, 0) is 4.79 Å². The van der Waals surface area contributed by atoms with E-state index in [-0.39, 0.29) is 12.4 Å². The number of halogens is 1. The van der Waals surface area contributed by atoms with Gasteiger partial charge in [-0.2, -0.15) is 0 Å². The topological polar surface area (TPSA) is 49.3 Å². The molecular formula is C6H12ClNO2. The molecule has 0 unspecified atom stereocenters. The Bertz CT molecular complexity index is 114. The van der Waals surface area contributed by atoms with Crippen molar-refractivity contribution in [3.05, 3.63) is 12.2 Å². The number of hydrogen-bond acceptors (Lipinski definition) is 2. The van der Waals surface area contributed by atoms with Crippen LogP contribution in [0.15, 0.2) is 12.2 Å². The third-order valence-electron chi connectivity index (χ3n) is 0.821. The molecule has 2 N–H and O–H groups in total. The summed E-state index contributed by atoms with van der Waals surface area (Å²) in [6.07, 6.45) is 3.54. The van der Waals surface area contributed by atoms with Crippen LogP contribution < -0.4 is 5.32 Å². The van der Waals surface area contributed by atoms with E-state index in [2.05, 4.69) is 5.32 Å². The molecule has 0 aromatic rings. The molecule has 10 heavy (non-hydrogen) atoms. The highest BCUT2D eigenvalue weighted by Gasteiger charge is 1.82. The summed E-state index contributed by atoms with van der Waals surface area (Å²) < 4.78 is 0. The molecule has 0 saturated carbocycles. The standard InChI is InChI=1S/C6H11NO2.ClH/c1-7-5-3-2-4-6(8)9;/h2,4,7H,3,5H2,1H3,(H,8,9);1H/b4-2+;. The Kier molecular flexibility index (Phi) is 10.3. The van der Waals surface area contributed by atoms with E-state index in [1.807, 2.05) is 7.05 Å². The first-order chi connectivity index (χ1) is 4.27. The minimum Gasteiger partial charge on any atom is -0.478 e. The predicted octanol–water partition coefficient (Wildman–Crippen LogP) is 0.659. The second kappa shape index (κ2) is 8.46. The van der Waals surface area contributed by atoms with Crippen molar-refractivity contribution in [1.29, 1.82) is 0 Å². The first-order valence-corrected chi connectivity index (χ1v) is 2.81. The quantitative estimate of drug-likeness (QED) is 0.475. The van der Waals surface area contributed by atoms with Crippen LogP contribution in [0.2, 0.25) is 0 Å². The summed E-state index contributed by atoms with van der Waals surface area (Å²) in [6.45, 7) is 0.823. The molecule has 0 fully saturated rings. The van der Waals surface area contributed by atoms with Gasteiger partial charge in [0.15, 0.2) is 0 Å². The Morgan fingerprint density at radius 1 is 1.70 bits per heavy atom. The van der Waals surface area contributed by atoms with Gasteiger partial charge < -0.3 is 10.4 Å². The number of hydrogen-bond donors (Lipinski definition) is 2. The van der Waals surface area contributed by atoms with Crippen molar-refractivity contribution in [2.75, 3.05) is 13.6 Å². The molecule has 0 atom stereocenters. The monoisotopic (exact) mass is 165 g/mol. The van der Waals surface area contributed by atoms with Gasteiger partial charge in [0.1, 0.15) is 0 Å². The SMILES string of the molecule is CNCC/C=C/C(=O)O.Cl. The molecule has 0 saturated heterocycles. The van der Waals surface area contributed by atoms with E-state index in [0.29, 0.717) is 0 Å². The van der Waals surface area contributed by atoms with E-state index in [0.717, 1.165) is 19.0 Å². The minimum atomic E-state index is -0.883. The van der Waals surface area contributed by atoms with Gasteiger partial charge in [-0.15, -0.1) is 12.4 Å². The Morgan fingerprint density at radius 2 is 2.30 bits per heavy atom. The highest BCUT2D eigenvalue weighted by atomic mass is 35.5. The lowest BCUT2D eigenvalue weighted by molar-refractivity contribution is -0.131. The van der Waals surface area contributed by atoms with Crippen LogP contribution in [0.1, 0.15) is 6.42 Å². The average molecular weight is 166 g/mol. The molecule has 0 aliphatic heterocycles. The molecule has 60 valence electrons. The summed E-state index contributed by atoms with van der Waals surface area (Å²) >= 11 is 0. The average Bonchev–Trinajstić information content (AvgIpc) is 1.80. The lowest BCUT2D eigenvalue weighted by atomic mass is 10.4. The van der Waals surface area contributed by atoms with Crippen LogP contribution in [0.25, 0.3) is 0 Å². The molecule has 0 aromatic heterocycles. The van der Waals surface area contributed by atoms with Crippen LogP contribution in [0.5, 0.6) is 0 Å². The second-order valence-electron chi connectivity index (χ2n) is 1.63. The maximum absolute atomic E-state index is 9.86. The smallest absolute Gasteiger partial charge is 0.327 e. The molecule has 3 nitrogen and oxygen atoms in total. The number of carboxylic acid groups (broad SMARTS) is 1. The van der Waals surface area contributed by atoms with Gasteiger partial charge in [-0.25, -0.2) is 4.79 Å². The zero-order valence-corrected chi connectivity index (χ0v) is 6.65. The van der Waals surface area contributed by atoms with Crippen molar-refractivity contribution < 1.29 is 9.90 Å². The number of aliphatic carboxylic acids is 1. The third kappa shape index (κ3) is 10.4. The van der Waals surface area contributed by atoms with Gasteiger partial charge in [-0.05, 0) is 20.0 Å². The van der Waals surface area contributed by atoms with Gasteiger partial charge >= 0.3 is 5.97 Å². The summed E-state index contributed by atoms with van der Waals surface area (Å²) in [5, 5.41) is 11.0. The third-order valence-corrected chi connectivity index (χ3v) is 0.821. The normalized spacial score (nSPS) is 9.30. The van der Waals surface area contributed by atoms with Crippen LogP contribution in [0.4, 0.5) is 0 Å². The van der Waals surface area contributed by atoms with E-state index in [4.69, 9.17) is 5.11 Å². The minimum absolute atomic E-state index is 0. The van der Waals surface area contributed by atoms with Crippen molar-refractivity contribution >= 4 is 18.4 Å². The predicted molar refractivity (Wildman–Crippen MR) is 42.6 cm³/mol. The Morgan fingerprint density at radius 3 is 2.70 bits per heavy atom. The van der Waals surface area contributed by atoms with E-state index in [1.54, 1.807) is 6.08 Å². The lowest BCUT2D eigenvalue weighted by Crippen LogP contribution is -2.05. The summed E-state index contributed by atoms with van der Waals surface area (Å²) in [5.41, 5.74) is 0. The van der Waals surface area contributed by atoms with E-state index < -0.39 is 5.97 Å². The molecule has 0 aliphatic rings. The summed E-state index contributed by atoms with van der Waals surface area (Å²) in [7, 11) is 1.83. The van der Waals surface area contributed by atoms with Gasteiger partial charge in [-0.3, -0.25) is 0 Å². The molecule has 0 aliphatic carbocycles. The lowest BCUT2D eigenvalue weighted by Gasteiger charge is -1.88. The second-order valence-corrected chi connectivity index (χ2v) is 1.63. The number of carboxylic acids is 1. The van der Waals surface area contributed by atoms with Crippen LogP contribution in [0, 0.1) is 0 Å². The largest absolute Gasteiger partial charge is 0.478 e. The van der Waals surface area contributed by atoms with Crippen LogP contribution >= 0.6 is 12.4 Å². The molecule has 0 bridgehead atoms. The number of nitrogens with one attached hydrogen (secondary N) is 1. The van der Waals surface area contributed by atoms with Crippen molar-refractivity contribution in [1.82, 2.24) is 5.32 Å². The molecule has 0 amide bonds. The summed E-state index contributed by atoms with van der Waals surface area (Å²) in [6, 6.07) is 0. The molecular weight excluding hydrogens is 154 g/mol. The van der Waals surface area contributed by atoms with Gasteiger partial charge in [-0.1, -0.05) is 6.08 Å². The van der Waals surface area contributed by atoms with Gasteiger partial charge in [0.05, 0.1) is 0 Å². The van der Waals surface area contributed by atoms with Crippen molar-refractivity contribution in [2.45, 2.75) is 6.42 Å². The molecule has 0 rings (SSSR count). The van der Waals surface area contributed by atoms with E-state index in [1.165, 1.54) is 0 Å². The highest BCUT2D eigenvalue weighted by molar-refractivity contribution is 5.85. The number of rotatable bonds is 4. The van der Waals surface area contributed by atoms with Crippen LogP contribution in [0.3, 0.4) is 0 Å². The molecule has 0 radical (unpaired) electrons. The Hall–Kier alpha value is -0.540. The highest BCUT2D eigenvalue weighted by Crippen LogP contribution is 1.78. The fourth-order valence-electron chi connectivity index (χ4n) is 0.412. The van der Waals surface area contributed by atoms with E-state index in [9.17, 15) is 4.79 Å². The Balaban J connectivity index is 0. The number of carbonyl (C=O) groups is 1. The zero-order chi connectivity index (χ0) is 7.11. The van der Waals surface area contributed by atoms with Gasteiger partial charge in [0.2, 0.25) is 0 Å². The fraction of sp³-hybridized carbons (Fsp3) is 0.500. The fourth-order valence-corrected chi connectivity index (χ4v) is 0.412. The van der Waals surface area contributed by atoms with Gasteiger partial charge in [0, 0.05) is 6.08 Å². The molecule has 0 heterocycles. The van der Waals surface area contributed by atoms with Crippen molar-refractivity contribution in [3.63, 3.8) is 0 Å². The molecule has 0 aromatic carbocycles. The summed E-state index contributed by atoms with van der Waals surface area (Å²) in [5.74, 6) is -0.883. The molecule has 0 spiro atoms. The van der Waals surface area contributed by atoms with Crippen LogP contribution in [-0.4, -0.2) is 24.7 Å². The summed E-state index contributed by atoms with van der Waals surface area (Å²) in [4.78, 5) is 9.86. The maximum Gasteiger partial charge on any atom is 0.327 e. The molecule has 4 heteroatoms. The van der Waals surface area contributed by atoms with Crippen molar-refractivity contribution in [3.8, 4) is 0 Å².